The van der Waals surface area contributed by atoms with Gasteiger partial charge >= 0.3 is 0 Å². The first kappa shape index (κ1) is 21.2. The van der Waals surface area contributed by atoms with Gasteiger partial charge in [0, 0.05) is 17.7 Å². The molecule has 1 amide bonds. The van der Waals surface area contributed by atoms with Crippen LogP contribution in [0.15, 0.2) is 54.6 Å². The number of benzene rings is 2. The minimum Gasteiger partial charge on any atom is -0.349 e. The maximum Gasteiger partial charge on any atom is 0.272 e. The Morgan fingerprint density at radius 1 is 1.19 bits per heavy atom. The largest absolute Gasteiger partial charge is 0.349 e. The second-order valence-electron chi connectivity index (χ2n) is 7.94. The topological polar surface area (TPSA) is 84.8 Å². The van der Waals surface area contributed by atoms with E-state index in [2.05, 4.69) is 21.4 Å². The number of carbonyl (C=O) groups excluding carboxylic acids is 1. The number of amides is 1. The zero-order valence-electron chi connectivity index (χ0n) is 18.0. The minimum atomic E-state index is -0.384. The monoisotopic (exact) mass is 427 g/mol. The first-order valence-electron chi connectivity index (χ1n) is 10.1. The molecule has 6 nitrogen and oxygen atoms in total. The fourth-order valence-electron chi connectivity index (χ4n) is 3.57. The number of fused-ring (bicyclic) bond motifs is 1. The molecule has 4 rings (SSSR count). The first-order chi connectivity index (χ1) is 15.4. The highest BCUT2D eigenvalue weighted by Gasteiger charge is 2.16. The molecule has 4 aromatic rings. The average molecular weight is 427 g/mol. The maximum absolute atomic E-state index is 15.0. The van der Waals surface area contributed by atoms with E-state index in [1.807, 2.05) is 38.1 Å². The van der Waals surface area contributed by atoms with Crippen molar-refractivity contribution in [2.45, 2.75) is 13.5 Å². The second-order valence-corrected chi connectivity index (χ2v) is 7.94. The van der Waals surface area contributed by atoms with Crippen molar-refractivity contribution in [3.05, 3.63) is 82.8 Å². The Morgan fingerprint density at radius 2 is 2.00 bits per heavy atom. The maximum atomic E-state index is 15.0. The molecule has 0 aliphatic carbocycles. The van der Waals surface area contributed by atoms with Crippen LogP contribution in [0, 0.1) is 24.1 Å². The Kier molecular flexibility index (Phi) is 5.71. The summed E-state index contributed by atoms with van der Waals surface area (Å²) < 4.78 is 15.0. The normalized spacial score (nSPS) is 11.0. The van der Waals surface area contributed by atoms with Gasteiger partial charge in [-0.25, -0.2) is 9.37 Å². The molecule has 2 N–H and O–H groups in total. The van der Waals surface area contributed by atoms with E-state index in [-0.39, 0.29) is 11.7 Å². The van der Waals surface area contributed by atoms with Gasteiger partial charge in [-0.1, -0.05) is 18.2 Å². The van der Waals surface area contributed by atoms with Crippen LogP contribution < -0.4 is 5.32 Å². The van der Waals surface area contributed by atoms with E-state index >= 15 is 4.39 Å². The van der Waals surface area contributed by atoms with Gasteiger partial charge in [0.1, 0.15) is 17.6 Å². The van der Waals surface area contributed by atoms with Gasteiger partial charge in [0.05, 0.1) is 28.0 Å². The van der Waals surface area contributed by atoms with Crippen LogP contribution in [0.25, 0.3) is 22.3 Å². The van der Waals surface area contributed by atoms with Crippen LogP contribution in [0.5, 0.6) is 0 Å². The van der Waals surface area contributed by atoms with Crippen molar-refractivity contribution in [1.29, 1.82) is 5.26 Å². The number of nitriles is 1. The lowest BCUT2D eigenvalue weighted by Gasteiger charge is -2.12. The third kappa shape index (κ3) is 4.22. The van der Waals surface area contributed by atoms with Gasteiger partial charge in [0.15, 0.2) is 0 Å². The standard InChI is InChI=1S/C25H22FN5O/c1-15-7-8-16(13-27)21(11-15)30-25(32)23-12-22-20(29-23)10-9-19(28-22)18-6-4-5-17(24(18)26)14-31(2)3/h4-12,29H,14H2,1-3H3,(H,30,32). The number of hydrogen-bond acceptors (Lipinski definition) is 4. The van der Waals surface area contributed by atoms with Crippen LogP contribution in [-0.4, -0.2) is 34.9 Å². The summed E-state index contributed by atoms with van der Waals surface area (Å²) in [7, 11) is 3.78. The number of carbonyl (C=O) groups is 1. The summed E-state index contributed by atoms with van der Waals surface area (Å²) in [6.45, 7) is 2.37. The molecule has 0 fully saturated rings. The van der Waals surface area contributed by atoms with Crippen LogP contribution >= 0.6 is 0 Å². The summed E-state index contributed by atoms with van der Waals surface area (Å²) in [6.07, 6.45) is 0. The van der Waals surface area contributed by atoms with E-state index < -0.39 is 0 Å². The summed E-state index contributed by atoms with van der Waals surface area (Å²) >= 11 is 0. The lowest BCUT2D eigenvalue weighted by atomic mass is 10.1. The molecule has 32 heavy (non-hydrogen) atoms. The third-order valence-electron chi connectivity index (χ3n) is 5.10. The zero-order valence-corrected chi connectivity index (χ0v) is 18.0. The Labute approximate surface area is 185 Å². The van der Waals surface area contributed by atoms with Crippen molar-refractivity contribution in [2.24, 2.45) is 0 Å². The molecule has 0 saturated carbocycles. The quantitative estimate of drug-likeness (QED) is 0.476. The number of halogens is 1. The lowest BCUT2D eigenvalue weighted by Crippen LogP contribution is -2.13. The highest BCUT2D eigenvalue weighted by atomic mass is 19.1. The summed E-state index contributed by atoms with van der Waals surface area (Å²) in [5.41, 5.74) is 4.78. The molecular formula is C25H22FN5O. The average Bonchev–Trinajstić information content (AvgIpc) is 3.19. The van der Waals surface area contributed by atoms with E-state index in [1.54, 1.807) is 42.5 Å². The van der Waals surface area contributed by atoms with Crippen LogP contribution in [0.1, 0.15) is 27.2 Å². The van der Waals surface area contributed by atoms with Gasteiger partial charge in [-0.3, -0.25) is 4.79 Å². The molecule has 0 unspecified atom stereocenters. The van der Waals surface area contributed by atoms with Gasteiger partial charge in [-0.2, -0.15) is 5.26 Å². The van der Waals surface area contributed by atoms with Crippen molar-refractivity contribution < 1.29 is 9.18 Å². The van der Waals surface area contributed by atoms with Crippen molar-refractivity contribution >= 4 is 22.6 Å². The number of pyridine rings is 1. The van der Waals surface area contributed by atoms with E-state index in [9.17, 15) is 10.1 Å². The molecule has 160 valence electrons. The van der Waals surface area contributed by atoms with Crippen molar-refractivity contribution in [2.75, 3.05) is 19.4 Å². The highest BCUT2D eigenvalue weighted by Crippen LogP contribution is 2.27. The Hall–Kier alpha value is -4.02. The molecule has 2 heterocycles. The number of nitrogens with zero attached hydrogens (tertiary/aromatic N) is 3. The number of hydrogen-bond donors (Lipinski definition) is 2. The molecule has 0 aliphatic heterocycles. The minimum absolute atomic E-state index is 0.301. The number of aryl methyl sites for hydroxylation is 1. The number of aromatic nitrogens is 2. The van der Waals surface area contributed by atoms with E-state index in [0.717, 1.165) is 5.56 Å². The second kappa shape index (κ2) is 8.61. The molecule has 2 aromatic heterocycles. The van der Waals surface area contributed by atoms with E-state index in [0.29, 0.717) is 51.3 Å². The fourth-order valence-corrected chi connectivity index (χ4v) is 3.57. The van der Waals surface area contributed by atoms with Crippen LogP contribution in [0.2, 0.25) is 0 Å². The fraction of sp³-hybridized carbons (Fsp3) is 0.160. The van der Waals surface area contributed by atoms with Crippen LogP contribution in [0.4, 0.5) is 10.1 Å². The first-order valence-corrected chi connectivity index (χ1v) is 10.1. The number of aromatic amines is 1. The Bertz CT molecular complexity index is 1370. The molecule has 2 aromatic carbocycles. The molecule has 0 atom stereocenters. The molecule has 7 heteroatoms. The molecule has 0 bridgehead atoms. The van der Waals surface area contributed by atoms with Crippen LogP contribution in [-0.2, 0) is 6.54 Å². The smallest absolute Gasteiger partial charge is 0.272 e. The Balaban J connectivity index is 1.65. The van der Waals surface area contributed by atoms with Gasteiger partial charge in [-0.15, -0.1) is 0 Å². The third-order valence-corrected chi connectivity index (χ3v) is 5.10. The predicted molar refractivity (Wildman–Crippen MR) is 123 cm³/mol. The van der Waals surface area contributed by atoms with Crippen LogP contribution in [0.3, 0.4) is 0 Å². The number of rotatable bonds is 5. The van der Waals surface area contributed by atoms with Gasteiger partial charge in [-0.05, 0) is 63.0 Å². The molecular weight excluding hydrogens is 405 g/mol. The van der Waals surface area contributed by atoms with E-state index in [4.69, 9.17) is 0 Å². The summed E-state index contributed by atoms with van der Waals surface area (Å²) in [6, 6.07) is 17.7. The van der Waals surface area contributed by atoms with Gasteiger partial charge in [0.25, 0.3) is 5.91 Å². The summed E-state index contributed by atoms with van der Waals surface area (Å²) in [4.78, 5) is 22.3. The molecule has 0 spiro atoms. The van der Waals surface area contributed by atoms with Gasteiger partial charge in [0.2, 0.25) is 0 Å². The molecule has 0 radical (unpaired) electrons. The SMILES string of the molecule is Cc1ccc(C#N)c(NC(=O)c2cc3nc(-c4cccc(CN(C)C)c4F)ccc3[nH]2)c1. The zero-order chi connectivity index (χ0) is 22.8. The summed E-state index contributed by atoms with van der Waals surface area (Å²) in [5, 5.41) is 12.1. The van der Waals surface area contributed by atoms with Crippen molar-refractivity contribution in [3.63, 3.8) is 0 Å². The van der Waals surface area contributed by atoms with Crippen molar-refractivity contribution in [1.82, 2.24) is 14.9 Å². The summed E-state index contributed by atoms with van der Waals surface area (Å²) in [5.74, 6) is -0.684. The highest BCUT2D eigenvalue weighted by molar-refractivity contribution is 6.06. The number of H-pyrrole nitrogens is 1. The van der Waals surface area contributed by atoms with E-state index in [1.165, 1.54) is 0 Å². The lowest BCUT2D eigenvalue weighted by molar-refractivity contribution is 0.102. The van der Waals surface area contributed by atoms with Gasteiger partial charge < -0.3 is 15.2 Å². The Morgan fingerprint density at radius 3 is 2.75 bits per heavy atom. The van der Waals surface area contributed by atoms with Crippen molar-refractivity contribution in [3.8, 4) is 17.3 Å². The number of anilines is 1. The molecule has 0 saturated heterocycles. The number of nitrogens with one attached hydrogen (secondary N) is 2. The predicted octanol–water partition coefficient (Wildman–Crippen LogP) is 4.86. The molecule has 0 aliphatic rings.